The maximum Gasteiger partial charge on any atom is 0.387 e. The number of nitrogens with one attached hydrogen (secondary N) is 1. The Hall–Kier alpha value is -2.48. The van der Waals surface area contributed by atoms with Crippen molar-refractivity contribution >= 4 is 28.1 Å². The molecule has 0 spiro atoms. The minimum Gasteiger partial charge on any atom is -0.507 e. The molecule has 0 bridgehead atoms. The van der Waals surface area contributed by atoms with E-state index in [4.69, 9.17) is 0 Å². The Kier molecular flexibility index (Phi) is 5.64. The Morgan fingerprint density at radius 2 is 2.09 bits per heavy atom. The van der Waals surface area contributed by atoms with Gasteiger partial charge in [0.15, 0.2) is 0 Å². The van der Waals surface area contributed by atoms with E-state index < -0.39 is 12.5 Å². The lowest BCUT2D eigenvalue weighted by Gasteiger charge is -2.06. The number of hydrogen-bond donors (Lipinski definition) is 2. The Morgan fingerprint density at radius 1 is 1.30 bits per heavy atom. The zero-order valence-corrected chi connectivity index (χ0v) is 13.1. The van der Waals surface area contributed by atoms with E-state index in [2.05, 4.69) is 31.2 Å². The first-order valence-electron chi connectivity index (χ1n) is 6.32. The third-order valence-corrected chi connectivity index (χ3v) is 3.17. The summed E-state index contributed by atoms with van der Waals surface area (Å²) < 4.78 is 29.2. The summed E-state index contributed by atoms with van der Waals surface area (Å²) in [6.07, 6.45) is 1.26. The number of nitrogens with zero attached hydrogens (tertiary/aromatic N) is 1. The van der Waals surface area contributed by atoms with Gasteiger partial charge in [0, 0.05) is 15.6 Å². The quantitative estimate of drug-likeness (QED) is 0.611. The number of hydrazone groups is 1. The van der Waals surface area contributed by atoms with Crippen LogP contribution in [0, 0.1) is 0 Å². The molecule has 0 heterocycles. The summed E-state index contributed by atoms with van der Waals surface area (Å²) >= 11 is 3.25. The first kappa shape index (κ1) is 16.9. The lowest BCUT2D eigenvalue weighted by Crippen LogP contribution is -2.17. The number of carbonyl (C=O) groups is 1. The fraction of sp³-hybridized carbons (Fsp3) is 0.0667. The summed E-state index contributed by atoms with van der Waals surface area (Å²) in [6, 6.07) is 10.1. The highest BCUT2D eigenvalue weighted by molar-refractivity contribution is 9.10. The number of benzene rings is 2. The molecule has 2 aromatic rings. The van der Waals surface area contributed by atoms with E-state index in [1.807, 2.05) is 0 Å². The van der Waals surface area contributed by atoms with Gasteiger partial charge in [-0.2, -0.15) is 13.9 Å². The van der Waals surface area contributed by atoms with E-state index in [0.717, 1.165) is 4.47 Å². The van der Waals surface area contributed by atoms with E-state index in [1.54, 1.807) is 12.1 Å². The van der Waals surface area contributed by atoms with Crippen LogP contribution in [0.15, 0.2) is 52.0 Å². The number of phenolic OH excluding ortho intramolecular Hbond substituents is 1. The molecule has 120 valence electrons. The second-order valence-electron chi connectivity index (χ2n) is 4.31. The molecule has 0 atom stereocenters. The van der Waals surface area contributed by atoms with Gasteiger partial charge >= 0.3 is 6.61 Å². The summed E-state index contributed by atoms with van der Waals surface area (Å²) in [5, 5.41) is 13.3. The number of amides is 1. The molecular weight excluding hydrogens is 374 g/mol. The van der Waals surface area contributed by atoms with Crippen molar-refractivity contribution in [1.82, 2.24) is 5.43 Å². The molecule has 1 amide bonds. The van der Waals surface area contributed by atoms with Crippen LogP contribution < -0.4 is 10.2 Å². The third kappa shape index (κ3) is 5.03. The van der Waals surface area contributed by atoms with E-state index in [-0.39, 0.29) is 17.1 Å². The van der Waals surface area contributed by atoms with Crippen molar-refractivity contribution in [3.8, 4) is 11.5 Å². The fourth-order valence-corrected chi connectivity index (χ4v) is 2.05. The molecule has 2 N–H and O–H groups in total. The van der Waals surface area contributed by atoms with E-state index in [9.17, 15) is 18.7 Å². The predicted octanol–water partition coefficient (Wildman–Crippen LogP) is 3.52. The van der Waals surface area contributed by atoms with Crippen molar-refractivity contribution in [1.29, 1.82) is 0 Å². The predicted molar refractivity (Wildman–Crippen MR) is 83.9 cm³/mol. The van der Waals surface area contributed by atoms with Crippen LogP contribution in [-0.2, 0) is 0 Å². The van der Waals surface area contributed by atoms with Crippen LogP contribution in [0.25, 0.3) is 0 Å². The molecule has 0 fully saturated rings. The number of phenols is 1. The van der Waals surface area contributed by atoms with Crippen molar-refractivity contribution in [3.63, 3.8) is 0 Å². The number of carbonyl (C=O) groups excluding carboxylic acids is 1. The molecule has 8 heteroatoms. The summed E-state index contributed by atoms with van der Waals surface area (Å²) in [7, 11) is 0. The second kappa shape index (κ2) is 7.68. The Bertz CT molecular complexity index is 738. The number of alkyl halides is 2. The topological polar surface area (TPSA) is 70.9 Å². The first-order valence-corrected chi connectivity index (χ1v) is 7.12. The molecule has 0 aliphatic rings. The van der Waals surface area contributed by atoms with Crippen LogP contribution in [-0.4, -0.2) is 23.8 Å². The van der Waals surface area contributed by atoms with Gasteiger partial charge in [-0.25, -0.2) is 5.43 Å². The molecule has 0 radical (unpaired) electrons. The maximum atomic E-state index is 12.1. The van der Waals surface area contributed by atoms with Crippen molar-refractivity contribution in [2.24, 2.45) is 5.10 Å². The second-order valence-corrected chi connectivity index (χ2v) is 5.22. The molecule has 0 aliphatic heterocycles. The van der Waals surface area contributed by atoms with Crippen molar-refractivity contribution in [2.75, 3.05) is 0 Å². The van der Waals surface area contributed by atoms with Gasteiger partial charge in [0.05, 0.1) is 6.21 Å². The van der Waals surface area contributed by atoms with Crippen LogP contribution >= 0.6 is 15.9 Å². The van der Waals surface area contributed by atoms with Gasteiger partial charge in [-0.3, -0.25) is 4.79 Å². The summed E-state index contributed by atoms with van der Waals surface area (Å²) in [5.41, 5.74) is 2.74. The summed E-state index contributed by atoms with van der Waals surface area (Å²) in [6.45, 7) is -2.97. The Balaban J connectivity index is 2.04. The van der Waals surface area contributed by atoms with Crippen LogP contribution in [0.4, 0.5) is 8.78 Å². The number of aromatic hydroxyl groups is 1. The third-order valence-electron chi connectivity index (χ3n) is 2.68. The van der Waals surface area contributed by atoms with E-state index >= 15 is 0 Å². The molecule has 23 heavy (non-hydrogen) atoms. The van der Waals surface area contributed by atoms with Gasteiger partial charge in [-0.1, -0.05) is 22.0 Å². The van der Waals surface area contributed by atoms with Crippen LogP contribution in [0.3, 0.4) is 0 Å². The van der Waals surface area contributed by atoms with Crippen LogP contribution in [0.2, 0.25) is 0 Å². The number of rotatable bonds is 5. The van der Waals surface area contributed by atoms with Gasteiger partial charge in [0.2, 0.25) is 0 Å². The minimum absolute atomic E-state index is 0.00136. The number of ether oxygens (including phenoxy) is 1. The number of hydrogen-bond acceptors (Lipinski definition) is 4. The fourth-order valence-electron chi connectivity index (χ4n) is 1.67. The average molecular weight is 385 g/mol. The maximum absolute atomic E-state index is 12.1. The highest BCUT2D eigenvalue weighted by Gasteiger charge is 2.09. The van der Waals surface area contributed by atoms with Gasteiger partial charge in [-0.05, 0) is 36.4 Å². The normalized spacial score (nSPS) is 11.0. The molecule has 0 aromatic heterocycles. The lowest BCUT2D eigenvalue weighted by molar-refractivity contribution is -0.0498. The van der Waals surface area contributed by atoms with Crippen molar-refractivity contribution in [3.05, 3.63) is 58.1 Å². The summed E-state index contributed by atoms with van der Waals surface area (Å²) in [4.78, 5) is 11.9. The van der Waals surface area contributed by atoms with Crippen molar-refractivity contribution in [2.45, 2.75) is 6.61 Å². The molecule has 0 unspecified atom stereocenters. The molecule has 0 saturated carbocycles. The highest BCUT2D eigenvalue weighted by Crippen LogP contribution is 2.20. The smallest absolute Gasteiger partial charge is 0.387 e. The standard InChI is InChI=1S/C15H11BrF2N2O3/c16-11-4-5-13(21)10(6-11)8-19-20-14(22)9-2-1-3-12(7-9)23-15(17)18/h1-8,15,21H,(H,20,22)/b19-8+. The zero-order valence-electron chi connectivity index (χ0n) is 11.5. The van der Waals surface area contributed by atoms with Crippen molar-refractivity contribution < 1.29 is 23.4 Å². The highest BCUT2D eigenvalue weighted by atomic mass is 79.9. The van der Waals surface area contributed by atoms with Gasteiger partial charge in [0.1, 0.15) is 11.5 Å². The molecule has 0 aliphatic carbocycles. The van der Waals surface area contributed by atoms with Gasteiger partial charge in [0.25, 0.3) is 5.91 Å². The SMILES string of the molecule is O=C(N/N=C/c1cc(Br)ccc1O)c1cccc(OC(F)F)c1. The Morgan fingerprint density at radius 3 is 2.83 bits per heavy atom. The van der Waals surface area contributed by atoms with E-state index in [1.165, 1.54) is 36.5 Å². The summed E-state index contributed by atoms with van der Waals surface area (Å²) in [5.74, 6) is -0.727. The van der Waals surface area contributed by atoms with Gasteiger partial charge < -0.3 is 9.84 Å². The largest absolute Gasteiger partial charge is 0.507 e. The average Bonchev–Trinajstić information content (AvgIpc) is 2.50. The molecule has 2 rings (SSSR count). The molecule has 0 saturated heterocycles. The van der Waals surface area contributed by atoms with E-state index in [0.29, 0.717) is 5.56 Å². The molecule has 5 nitrogen and oxygen atoms in total. The van der Waals surface area contributed by atoms with Gasteiger partial charge in [-0.15, -0.1) is 0 Å². The molecule has 2 aromatic carbocycles. The number of halogens is 3. The molecular formula is C15H11BrF2N2O3. The Labute approximate surface area is 138 Å². The lowest BCUT2D eigenvalue weighted by atomic mass is 10.2. The first-order chi connectivity index (χ1) is 11.0. The van der Waals surface area contributed by atoms with Crippen LogP contribution in [0.1, 0.15) is 15.9 Å². The van der Waals surface area contributed by atoms with Crippen LogP contribution in [0.5, 0.6) is 11.5 Å². The minimum atomic E-state index is -2.97. The monoisotopic (exact) mass is 384 g/mol. The zero-order chi connectivity index (χ0) is 16.8.